The van der Waals surface area contributed by atoms with Crippen molar-refractivity contribution in [1.29, 1.82) is 0 Å². The first kappa shape index (κ1) is 12.2. The van der Waals surface area contributed by atoms with Crippen LogP contribution < -0.4 is 5.32 Å². The van der Waals surface area contributed by atoms with Crippen LogP contribution in [0.4, 0.5) is 5.69 Å². The lowest BCUT2D eigenvalue weighted by molar-refractivity contribution is 0.898. The number of aryl methyl sites for hydroxylation is 2. The molecule has 0 radical (unpaired) electrons. The molecular weight excluding hydrogens is 226 g/mol. The fourth-order valence-corrected chi connectivity index (χ4v) is 2.96. The van der Waals surface area contributed by atoms with Gasteiger partial charge in [-0.1, -0.05) is 19.1 Å². The number of hydrogen-bond acceptors (Lipinski definition) is 2. The maximum absolute atomic E-state index is 3.57. The van der Waals surface area contributed by atoms with E-state index in [0.29, 0.717) is 6.04 Å². The fraction of sp³-hybridized carbons (Fsp3) is 0.333. The van der Waals surface area contributed by atoms with E-state index >= 15 is 0 Å². The van der Waals surface area contributed by atoms with Gasteiger partial charge in [-0.2, -0.15) is 0 Å². The molecule has 1 aromatic carbocycles. The Labute approximate surface area is 108 Å². The number of benzene rings is 1. The van der Waals surface area contributed by atoms with Crippen molar-refractivity contribution >= 4 is 17.0 Å². The Morgan fingerprint density at radius 2 is 2.12 bits per heavy atom. The molecule has 1 N–H and O–H groups in total. The Morgan fingerprint density at radius 1 is 1.29 bits per heavy atom. The van der Waals surface area contributed by atoms with Crippen molar-refractivity contribution in [3.05, 3.63) is 51.7 Å². The summed E-state index contributed by atoms with van der Waals surface area (Å²) in [6, 6.07) is 11.2. The van der Waals surface area contributed by atoms with Gasteiger partial charge in [0.05, 0.1) is 6.04 Å². The molecule has 1 unspecified atom stereocenters. The number of rotatable bonds is 4. The van der Waals surface area contributed by atoms with Crippen LogP contribution in [0.3, 0.4) is 0 Å². The molecule has 1 aromatic heterocycles. The third kappa shape index (κ3) is 2.89. The van der Waals surface area contributed by atoms with E-state index in [1.165, 1.54) is 21.7 Å². The second kappa shape index (κ2) is 5.37. The number of nitrogens with one attached hydrogen (secondary N) is 1. The molecule has 0 saturated carbocycles. The second-order valence-corrected chi connectivity index (χ2v) is 5.34. The number of hydrogen-bond donors (Lipinski definition) is 1. The van der Waals surface area contributed by atoms with Crippen molar-refractivity contribution in [1.82, 2.24) is 0 Å². The summed E-state index contributed by atoms with van der Waals surface area (Å²) < 4.78 is 0. The molecule has 90 valence electrons. The molecule has 1 nitrogen and oxygen atoms in total. The summed E-state index contributed by atoms with van der Waals surface area (Å²) in [4.78, 5) is 1.42. The molecule has 0 saturated heterocycles. The lowest BCUT2D eigenvalue weighted by atomic mass is 10.1. The normalized spacial score (nSPS) is 12.4. The van der Waals surface area contributed by atoms with E-state index in [2.05, 4.69) is 61.8 Å². The van der Waals surface area contributed by atoms with E-state index in [9.17, 15) is 0 Å². The van der Waals surface area contributed by atoms with Crippen molar-refractivity contribution in [2.45, 2.75) is 33.2 Å². The zero-order chi connectivity index (χ0) is 12.3. The summed E-state index contributed by atoms with van der Waals surface area (Å²) in [6.45, 7) is 6.58. The highest BCUT2D eigenvalue weighted by Crippen LogP contribution is 2.27. The van der Waals surface area contributed by atoms with Crippen molar-refractivity contribution in [3.63, 3.8) is 0 Å². The fourth-order valence-electron chi connectivity index (χ4n) is 2.02. The van der Waals surface area contributed by atoms with Crippen molar-refractivity contribution in [2.24, 2.45) is 0 Å². The molecule has 2 aromatic rings. The van der Waals surface area contributed by atoms with Crippen LogP contribution >= 0.6 is 11.3 Å². The standard InChI is InChI=1S/C15H19NS/c1-4-13-6-5-7-14(10-13)16-12(3)15-11(2)8-9-17-15/h5-10,12,16H,4H2,1-3H3. The van der Waals surface area contributed by atoms with Crippen molar-refractivity contribution in [3.8, 4) is 0 Å². The third-order valence-corrected chi connectivity index (χ3v) is 4.22. The molecule has 17 heavy (non-hydrogen) atoms. The monoisotopic (exact) mass is 245 g/mol. The molecule has 1 atom stereocenters. The maximum Gasteiger partial charge on any atom is 0.0581 e. The smallest absolute Gasteiger partial charge is 0.0581 e. The van der Waals surface area contributed by atoms with Gasteiger partial charge in [0.2, 0.25) is 0 Å². The minimum absolute atomic E-state index is 0.377. The van der Waals surface area contributed by atoms with Crippen molar-refractivity contribution < 1.29 is 0 Å². The summed E-state index contributed by atoms with van der Waals surface area (Å²) in [5, 5.41) is 5.73. The van der Waals surface area contributed by atoms with E-state index < -0.39 is 0 Å². The van der Waals surface area contributed by atoms with E-state index in [4.69, 9.17) is 0 Å². The zero-order valence-corrected chi connectivity index (χ0v) is 11.5. The van der Waals surface area contributed by atoms with Gasteiger partial charge < -0.3 is 5.32 Å². The molecule has 0 aliphatic heterocycles. The zero-order valence-electron chi connectivity index (χ0n) is 10.7. The Bertz CT molecular complexity index is 487. The van der Waals surface area contributed by atoms with Gasteiger partial charge in [0.15, 0.2) is 0 Å². The van der Waals surface area contributed by atoms with Gasteiger partial charge in [-0.25, -0.2) is 0 Å². The summed E-state index contributed by atoms with van der Waals surface area (Å²) in [7, 11) is 0. The van der Waals surface area contributed by atoms with Crippen LogP contribution in [-0.4, -0.2) is 0 Å². The predicted octanol–water partition coefficient (Wildman–Crippen LogP) is 4.79. The van der Waals surface area contributed by atoms with Gasteiger partial charge >= 0.3 is 0 Å². The molecule has 0 aliphatic carbocycles. The highest BCUT2D eigenvalue weighted by Gasteiger charge is 2.09. The van der Waals surface area contributed by atoms with Crippen LogP contribution in [-0.2, 0) is 6.42 Å². The van der Waals surface area contributed by atoms with E-state index in [-0.39, 0.29) is 0 Å². The Balaban J connectivity index is 2.13. The molecule has 0 fully saturated rings. The molecule has 0 bridgehead atoms. The highest BCUT2D eigenvalue weighted by atomic mass is 32.1. The van der Waals surface area contributed by atoms with Gasteiger partial charge in [-0.05, 0) is 55.0 Å². The van der Waals surface area contributed by atoms with Crippen LogP contribution in [0.25, 0.3) is 0 Å². The first-order chi connectivity index (χ1) is 8.20. The van der Waals surface area contributed by atoms with Gasteiger partial charge in [-0.3, -0.25) is 0 Å². The first-order valence-electron chi connectivity index (χ1n) is 6.10. The molecular formula is C15H19NS. The second-order valence-electron chi connectivity index (χ2n) is 4.39. The average molecular weight is 245 g/mol. The quantitative estimate of drug-likeness (QED) is 0.816. The van der Waals surface area contributed by atoms with Gasteiger partial charge in [0.1, 0.15) is 0 Å². The molecule has 0 spiro atoms. The van der Waals surface area contributed by atoms with Crippen LogP contribution in [0.2, 0.25) is 0 Å². The van der Waals surface area contributed by atoms with E-state index in [1.54, 1.807) is 0 Å². The van der Waals surface area contributed by atoms with Crippen molar-refractivity contribution in [2.75, 3.05) is 5.32 Å². The maximum atomic E-state index is 3.57. The lowest BCUT2D eigenvalue weighted by Crippen LogP contribution is -2.06. The number of anilines is 1. The molecule has 2 heteroatoms. The number of thiophene rings is 1. The Morgan fingerprint density at radius 3 is 2.76 bits per heavy atom. The summed E-state index contributed by atoms with van der Waals surface area (Å²) >= 11 is 1.82. The molecule has 0 aliphatic rings. The SMILES string of the molecule is CCc1cccc(NC(C)c2sccc2C)c1. The average Bonchev–Trinajstić information content (AvgIpc) is 2.76. The largest absolute Gasteiger partial charge is 0.378 e. The topological polar surface area (TPSA) is 12.0 Å². The van der Waals surface area contributed by atoms with Crippen LogP contribution in [0.1, 0.15) is 35.9 Å². The third-order valence-electron chi connectivity index (χ3n) is 3.01. The molecule has 2 rings (SSSR count). The van der Waals surface area contributed by atoms with Crippen LogP contribution in [0.15, 0.2) is 35.7 Å². The van der Waals surface area contributed by atoms with Gasteiger partial charge in [-0.15, -0.1) is 11.3 Å². The Hall–Kier alpha value is -1.28. The van der Waals surface area contributed by atoms with E-state index in [0.717, 1.165) is 6.42 Å². The van der Waals surface area contributed by atoms with Gasteiger partial charge in [0, 0.05) is 10.6 Å². The lowest BCUT2D eigenvalue weighted by Gasteiger charge is -2.15. The summed E-state index contributed by atoms with van der Waals surface area (Å²) in [5.41, 5.74) is 3.97. The van der Waals surface area contributed by atoms with Crippen LogP contribution in [0, 0.1) is 6.92 Å². The first-order valence-corrected chi connectivity index (χ1v) is 6.98. The minimum Gasteiger partial charge on any atom is -0.378 e. The van der Waals surface area contributed by atoms with Crippen LogP contribution in [0.5, 0.6) is 0 Å². The summed E-state index contributed by atoms with van der Waals surface area (Å²) in [5.74, 6) is 0. The summed E-state index contributed by atoms with van der Waals surface area (Å²) in [6.07, 6.45) is 1.09. The van der Waals surface area contributed by atoms with Gasteiger partial charge in [0.25, 0.3) is 0 Å². The Kier molecular flexibility index (Phi) is 3.85. The van der Waals surface area contributed by atoms with E-state index in [1.807, 2.05) is 11.3 Å². The predicted molar refractivity (Wildman–Crippen MR) is 76.9 cm³/mol. The molecule has 0 amide bonds. The minimum atomic E-state index is 0.377. The highest BCUT2D eigenvalue weighted by molar-refractivity contribution is 7.10. The molecule has 1 heterocycles.